The molecule has 0 saturated heterocycles. The summed E-state index contributed by atoms with van der Waals surface area (Å²) in [5.74, 6) is -0.376. The molecule has 0 spiro atoms. The van der Waals surface area contributed by atoms with Crippen molar-refractivity contribution in [2.24, 2.45) is 10.8 Å². The van der Waals surface area contributed by atoms with Crippen molar-refractivity contribution in [3.05, 3.63) is 0 Å². The molecule has 0 saturated carbocycles. The first-order valence-corrected chi connectivity index (χ1v) is 6.95. The molecule has 0 fully saturated rings. The molecule has 0 amide bonds. The highest BCUT2D eigenvalue weighted by molar-refractivity contribution is 5.76. The zero-order valence-corrected chi connectivity index (χ0v) is 13.9. The van der Waals surface area contributed by atoms with Crippen molar-refractivity contribution in [3.63, 3.8) is 0 Å². The summed E-state index contributed by atoms with van der Waals surface area (Å²) >= 11 is 0. The maximum Gasteiger partial charge on any atom is 0.311 e. The molecule has 0 rings (SSSR count). The second-order valence-electron chi connectivity index (χ2n) is 5.83. The number of methoxy groups -OCH3 is 1. The number of hydrogen-bond acceptors (Lipinski definition) is 5. The predicted octanol–water partition coefficient (Wildman–Crippen LogP) is 2.55. The number of hydrogen-bond donors (Lipinski definition) is 1. The van der Waals surface area contributed by atoms with Gasteiger partial charge in [0.1, 0.15) is 6.61 Å². The zero-order valence-electron chi connectivity index (χ0n) is 13.9. The van der Waals surface area contributed by atoms with E-state index in [9.17, 15) is 9.59 Å². The largest absolute Gasteiger partial charge is 0.469 e. The number of carbonyl (C=O) groups excluding carboxylic acids is 2. The Morgan fingerprint density at radius 3 is 1.60 bits per heavy atom. The van der Waals surface area contributed by atoms with Crippen molar-refractivity contribution < 1.29 is 24.2 Å². The Bertz CT molecular complexity index is 295. The molecule has 0 heterocycles. The Balaban J connectivity index is 0. The molecule has 0 bridgehead atoms. The summed E-state index contributed by atoms with van der Waals surface area (Å²) in [6.07, 6.45) is 1.57. The van der Waals surface area contributed by atoms with Crippen molar-refractivity contribution >= 4 is 11.9 Å². The van der Waals surface area contributed by atoms with E-state index >= 15 is 0 Å². The first kappa shape index (κ1) is 21.2. The van der Waals surface area contributed by atoms with E-state index in [0.717, 1.165) is 12.8 Å². The van der Waals surface area contributed by atoms with Crippen LogP contribution in [-0.4, -0.2) is 37.4 Å². The molecule has 5 nitrogen and oxygen atoms in total. The summed E-state index contributed by atoms with van der Waals surface area (Å²) in [6, 6.07) is 0. The lowest BCUT2D eigenvalue weighted by Crippen LogP contribution is -2.26. The van der Waals surface area contributed by atoms with Gasteiger partial charge in [-0.05, 0) is 40.5 Å². The van der Waals surface area contributed by atoms with Gasteiger partial charge in [-0.2, -0.15) is 0 Å². The Morgan fingerprint density at radius 2 is 1.35 bits per heavy atom. The van der Waals surface area contributed by atoms with Gasteiger partial charge in [-0.1, -0.05) is 13.8 Å². The van der Waals surface area contributed by atoms with Crippen molar-refractivity contribution in [1.29, 1.82) is 0 Å². The van der Waals surface area contributed by atoms with Crippen LogP contribution in [0.15, 0.2) is 0 Å². The minimum absolute atomic E-state index is 0.0995. The van der Waals surface area contributed by atoms with E-state index < -0.39 is 5.41 Å². The van der Waals surface area contributed by atoms with Crippen molar-refractivity contribution in [3.8, 4) is 0 Å². The summed E-state index contributed by atoms with van der Waals surface area (Å²) in [7, 11) is 1.42. The fraction of sp³-hybridized carbons (Fsp3) is 0.867. The van der Waals surface area contributed by atoms with Crippen LogP contribution in [0.1, 0.15) is 54.4 Å². The molecule has 0 aliphatic heterocycles. The number of aliphatic hydroxyl groups is 1. The summed E-state index contributed by atoms with van der Waals surface area (Å²) in [5.41, 5.74) is -0.732. The highest BCUT2D eigenvalue weighted by Crippen LogP contribution is 2.21. The number of ether oxygens (including phenoxy) is 2. The van der Waals surface area contributed by atoms with Gasteiger partial charge < -0.3 is 14.6 Å². The topological polar surface area (TPSA) is 72.8 Å². The number of aliphatic hydroxyl groups excluding tert-OH is 1. The average molecular weight is 290 g/mol. The fourth-order valence-electron chi connectivity index (χ4n) is 0.899. The van der Waals surface area contributed by atoms with Gasteiger partial charge >= 0.3 is 11.9 Å². The highest BCUT2D eigenvalue weighted by atomic mass is 16.5. The van der Waals surface area contributed by atoms with Crippen LogP contribution < -0.4 is 0 Å². The van der Waals surface area contributed by atoms with Crippen molar-refractivity contribution in [2.45, 2.75) is 54.4 Å². The predicted molar refractivity (Wildman–Crippen MR) is 78.2 cm³/mol. The Morgan fingerprint density at radius 1 is 0.950 bits per heavy atom. The maximum atomic E-state index is 11.1. The third-order valence-electron chi connectivity index (χ3n) is 3.38. The van der Waals surface area contributed by atoms with E-state index in [1.807, 2.05) is 41.5 Å². The molecule has 0 atom stereocenters. The molecule has 0 radical (unpaired) electrons. The Kier molecular flexibility index (Phi) is 10.3. The maximum absolute atomic E-state index is 11.1. The molecular weight excluding hydrogens is 260 g/mol. The number of carbonyl (C=O) groups is 2. The van der Waals surface area contributed by atoms with Crippen LogP contribution in [0.3, 0.4) is 0 Å². The third-order valence-corrected chi connectivity index (χ3v) is 3.38. The van der Waals surface area contributed by atoms with Crippen LogP contribution in [0.4, 0.5) is 0 Å². The molecule has 5 heteroatoms. The summed E-state index contributed by atoms with van der Waals surface area (Å²) in [5, 5.41) is 8.38. The lowest BCUT2D eigenvalue weighted by atomic mass is 9.91. The van der Waals surface area contributed by atoms with Gasteiger partial charge in [0.15, 0.2) is 0 Å². The van der Waals surface area contributed by atoms with Crippen LogP contribution in [-0.2, 0) is 19.1 Å². The van der Waals surface area contributed by atoms with Gasteiger partial charge in [-0.3, -0.25) is 9.59 Å². The smallest absolute Gasteiger partial charge is 0.311 e. The third kappa shape index (κ3) is 8.15. The summed E-state index contributed by atoms with van der Waals surface area (Å²) < 4.78 is 9.32. The Hall–Kier alpha value is -1.10. The second-order valence-corrected chi connectivity index (χ2v) is 5.83. The van der Waals surface area contributed by atoms with Gasteiger partial charge in [-0.15, -0.1) is 0 Å². The number of esters is 2. The summed E-state index contributed by atoms with van der Waals surface area (Å²) in [4.78, 5) is 22.0. The summed E-state index contributed by atoms with van der Waals surface area (Å²) in [6.45, 7) is 11.3. The minimum Gasteiger partial charge on any atom is -0.469 e. The lowest BCUT2D eigenvalue weighted by Gasteiger charge is -2.19. The molecule has 0 aliphatic carbocycles. The van der Waals surface area contributed by atoms with E-state index in [2.05, 4.69) is 4.74 Å². The minimum atomic E-state index is -0.421. The van der Waals surface area contributed by atoms with E-state index in [4.69, 9.17) is 9.84 Å². The van der Waals surface area contributed by atoms with E-state index in [-0.39, 0.29) is 30.6 Å². The standard InChI is InChI=1S/C8H16O3.C7H14O2/c1-4-8(2,3)7(10)11-6-5-9;1-5-7(2,3)6(8)9-4/h9H,4-6H2,1-3H3;5H2,1-4H3. The molecule has 120 valence electrons. The highest BCUT2D eigenvalue weighted by Gasteiger charge is 2.26. The average Bonchev–Trinajstić information content (AvgIpc) is 2.44. The van der Waals surface area contributed by atoms with Crippen molar-refractivity contribution in [1.82, 2.24) is 0 Å². The first-order chi connectivity index (χ1) is 9.08. The molecule has 20 heavy (non-hydrogen) atoms. The van der Waals surface area contributed by atoms with E-state index in [1.165, 1.54) is 7.11 Å². The zero-order chi connectivity index (χ0) is 16.4. The van der Waals surface area contributed by atoms with Gasteiger partial charge in [0.05, 0.1) is 24.5 Å². The molecule has 0 aromatic heterocycles. The molecule has 0 aromatic carbocycles. The van der Waals surface area contributed by atoms with Crippen LogP contribution in [0, 0.1) is 10.8 Å². The molecule has 1 N–H and O–H groups in total. The van der Waals surface area contributed by atoms with Gasteiger partial charge in [-0.25, -0.2) is 0 Å². The van der Waals surface area contributed by atoms with Gasteiger partial charge in [0.25, 0.3) is 0 Å². The van der Waals surface area contributed by atoms with E-state index in [1.54, 1.807) is 0 Å². The number of rotatable bonds is 6. The SMILES string of the molecule is CCC(C)(C)C(=O)OC.CCC(C)(C)C(=O)OCCO. The quantitative estimate of drug-likeness (QED) is 0.761. The molecular formula is C15H30O5. The van der Waals surface area contributed by atoms with Crippen LogP contribution in [0.2, 0.25) is 0 Å². The van der Waals surface area contributed by atoms with Gasteiger partial charge in [0, 0.05) is 0 Å². The Labute approximate surface area is 122 Å². The monoisotopic (exact) mass is 290 g/mol. The normalized spacial score (nSPS) is 11.2. The molecule has 0 aromatic rings. The molecule has 0 unspecified atom stereocenters. The van der Waals surface area contributed by atoms with Crippen molar-refractivity contribution in [2.75, 3.05) is 20.3 Å². The fourth-order valence-corrected chi connectivity index (χ4v) is 0.899. The van der Waals surface area contributed by atoms with E-state index in [0.29, 0.717) is 0 Å². The lowest BCUT2D eigenvalue weighted by molar-refractivity contribution is -0.155. The first-order valence-electron chi connectivity index (χ1n) is 6.95. The molecule has 0 aliphatic rings. The second kappa shape index (κ2) is 9.75. The van der Waals surface area contributed by atoms with Crippen LogP contribution >= 0.6 is 0 Å². The van der Waals surface area contributed by atoms with Crippen LogP contribution in [0.5, 0.6) is 0 Å². The van der Waals surface area contributed by atoms with Gasteiger partial charge in [0.2, 0.25) is 0 Å². The van der Waals surface area contributed by atoms with Crippen LogP contribution in [0.25, 0.3) is 0 Å².